The summed E-state index contributed by atoms with van der Waals surface area (Å²) in [4.78, 5) is 2.33. The van der Waals surface area contributed by atoms with Gasteiger partial charge >= 0.3 is 0 Å². The Bertz CT molecular complexity index is 330. The summed E-state index contributed by atoms with van der Waals surface area (Å²) in [6.45, 7) is 11.3. The molecule has 0 fully saturated rings. The molecular formula is C14H22FN. The van der Waals surface area contributed by atoms with Crippen molar-refractivity contribution in [3.05, 3.63) is 35.1 Å². The number of nitrogens with zero attached hydrogens (tertiary/aromatic N) is 1. The van der Waals surface area contributed by atoms with Gasteiger partial charge < -0.3 is 0 Å². The zero-order chi connectivity index (χ0) is 12.1. The molecule has 0 saturated carbocycles. The van der Waals surface area contributed by atoms with Crippen molar-refractivity contribution in [2.24, 2.45) is 0 Å². The predicted molar refractivity (Wildman–Crippen MR) is 67.1 cm³/mol. The van der Waals surface area contributed by atoms with Gasteiger partial charge in [0.25, 0.3) is 0 Å². The largest absolute Gasteiger partial charge is 0.300 e. The lowest BCUT2D eigenvalue weighted by Crippen LogP contribution is -2.22. The summed E-state index contributed by atoms with van der Waals surface area (Å²) in [7, 11) is 0. The Morgan fingerprint density at radius 1 is 1.19 bits per heavy atom. The zero-order valence-electron chi connectivity index (χ0n) is 10.8. The molecule has 0 aliphatic rings. The second kappa shape index (κ2) is 6.00. The zero-order valence-corrected chi connectivity index (χ0v) is 10.8. The molecule has 1 aromatic rings. The maximum absolute atomic E-state index is 13.5. The van der Waals surface area contributed by atoms with Gasteiger partial charge in [-0.3, -0.25) is 4.90 Å². The van der Waals surface area contributed by atoms with Gasteiger partial charge in [0.15, 0.2) is 0 Å². The van der Waals surface area contributed by atoms with Crippen LogP contribution in [0.1, 0.15) is 44.7 Å². The first-order valence-corrected chi connectivity index (χ1v) is 6.09. The smallest absolute Gasteiger partial charge is 0.126 e. The van der Waals surface area contributed by atoms with Crippen LogP contribution in [0, 0.1) is 5.82 Å². The fourth-order valence-corrected chi connectivity index (χ4v) is 1.84. The molecule has 0 aromatic heterocycles. The highest BCUT2D eigenvalue weighted by Crippen LogP contribution is 2.20. The molecule has 0 spiro atoms. The van der Waals surface area contributed by atoms with E-state index < -0.39 is 0 Å². The SMILES string of the molecule is CCN(CC)Cc1ccc(F)c(C(C)C)c1. The van der Waals surface area contributed by atoms with Crippen molar-refractivity contribution in [2.75, 3.05) is 13.1 Å². The van der Waals surface area contributed by atoms with Gasteiger partial charge in [-0.25, -0.2) is 4.39 Å². The van der Waals surface area contributed by atoms with Gasteiger partial charge in [-0.2, -0.15) is 0 Å². The summed E-state index contributed by atoms with van der Waals surface area (Å²) in [6, 6.07) is 5.48. The summed E-state index contributed by atoms with van der Waals surface area (Å²) < 4.78 is 13.5. The van der Waals surface area contributed by atoms with Gasteiger partial charge in [0, 0.05) is 6.54 Å². The number of benzene rings is 1. The van der Waals surface area contributed by atoms with Crippen LogP contribution in [0.4, 0.5) is 4.39 Å². The van der Waals surface area contributed by atoms with E-state index in [4.69, 9.17) is 0 Å². The molecule has 0 atom stereocenters. The lowest BCUT2D eigenvalue weighted by atomic mass is 10.00. The molecule has 0 heterocycles. The Hall–Kier alpha value is -0.890. The third-order valence-corrected chi connectivity index (χ3v) is 2.98. The molecule has 2 heteroatoms. The molecule has 90 valence electrons. The van der Waals surface area contributed by atoms with E-state index >= 15 is 0 Å². The van der Waals surface area contributed by atoms with Gasteiger partial charge in [-0.1, -0.05) is 39.8 Å². The van der Waals surface area contributed by atoms with Crippen molar-refractivity contribution in [3.8, 4) is 0 Å². The maximum Gasteiger partial charge on any atom is 0.126 e. The number of hydrogen-bond donors (Lipinski definition) is 0. The maximum atomic E-state index is 13.5. The van der Waals surface area contributed by atoms with Crippen LogP contribution in [0.5, 0.6) is 0 Å². The first kappa shape index (κ1) is 13.2. The van der Waals surface area contributed by atoms with Crippen LogP contribution in [0.25, 0.3) is 0 Å². The Balaban J connectivity index is 2.86. The van der Waals surface area contributed by atoms with Gasteiger partial charge in [-0.15, -0.1) is 0 Å². The number of hydrogen-bond acceptors (Lipinski definition) is 1. The molecule has 1 aromatic carbocycles. The average Bonchev–Trinajstić information content (AvgIpc) is 2.27. The first-order valence-electron chi connectivity index (χ1n) is 6.09. The van der Waals surface area contributed by atoms with Crippen LogP contribution in [-0.2, 0) is 6.54 Å². The minimum absolute atomic E-state index is 0.0849. The standard InChI is InChI=1S/C14H22FN/c1-5-16(6-2)10-12-7-8-14(15)13(9-12)11(3)4/h7-9,11H,5-6,10H2,1-4H3. The number of halogens is 1. The van der Waals surface area contributed by atoms with Crippen LogP contribution in [-0.4, -0.2) is 18.0 Å². The Morgan fingerprint density at radius 2 is 1.81 bits per heavy atom. The lowest BCUT2D eigenvalue weighted by Gasteiger charge is -2.19. The van der Waals surface area contributed by atoms with Gasteiger partial charge in [-0.05, 0) is 36.2 Å². The van der Waals surface area contributed by atoms with Crippen molar-refractivity contribution in [1.82, 2.24) is 4.90 Å². The van der Waals surface area contributed by atoms with Crippen molar-refractivity contribution < 1.29 is 4.39 Å². The predicted octanol–water partition coefficient (Wildman–Crippen LogP) is 3.79. The minimum Gasteiger partial charge on any atom is -0.300 e. The van der Waals surface area contributed by atoms with Crippen molar-refractivity contribution in [1.29, 1.82) is 0 Å². The monoisotopic (exact) mass is 223 g/mol. The summed E-state index contributed by atoms with van der Waals surface area (Å²) in [5.74, 6) is 0.162. The second-order valence-electron chi connectivity index (χ2n) is 4.47. The molecular weight excluding hydrogens is 201 g/mol. The third kappa shape index (κ3) is 3.31. The van der Waals surface area contributed by atoms with Crippen LogP contribution in [0.2, 0.25) is 0 Å². The highest BCUT2D eigenvalue weighted by Gasteiger charge is 2.08. The molecule has 1 nitrogen and oxygen atoms in total. The van der Waals surface area contributed by atoms with Gasteiger partial charge in [0.1, 0.15) is 5.82 Å². The van der Waals surface area contributed by atoms with Gasteiger partial charge in [0.05, 0.1) is 0 Å². The summed E-state index contributed by atoms with van der Waals surface area (Å²) in [5, 5.41) is 0. The van der Waals surface area contributed by atoms with Gasteiger partial charge in [0.2, 0.25) is 0 Å². The third-order valence-electron chi connectivity index (χ3n) is 2.98. The van der Waals surface area contributed by atoms with Crippen LogP contribution in [0.3, 0.4) is 0 Å². The van der Waals surface area contributed by atoms with E-state index in [0.29, 0.717) is 0 Å². The normalized spacial score (nSPS) is 11.4. The highest BCUT2D eigenvalue weighted by atomic mass is 19.1. The lowest BCUT2D eigenvalue weighted by molar-refractivity contribution is 0.295. The van der Waals surface area contributed by atoms with E-state index in [9.17, 15) is 4.39 Å². The molecule has 0 saturated heterocycles. The van der Waals surface area contributed by atoms with Crippen LogP contribution in [0.15, 0.2) is 18.2 Å². The molecule has 16 heavy (non-hydrogen) atoms. The van der Waals surface area contributed by atoms with Crippen molar-refractivity contribution in [2.45, 2.75) is 40.2 Å². The van der Waals surface area contributed by atoms with Crippen molar-refractivity contribution in [3.63, 3.8) is 0 Å². The fourth-order valence-electron chi connectivity index (χ4n) is 1.84. The second-order valence-corrected chi connectivity index (χ2v) is 4.47. The molecule has 0 amide bonds. The number of rotatable bonds is 5. The highest BCUT2D eigenvalue weighted by molar-refractivity contribution is 5.27. The Labute approximate surface area is 98.3 Å². The summed E-state index contributed by atoms with van der Waals surface area (Å²) in [5.41, 5.74) is 2.03. The Kier molecular flexibility index (Phi) is 4.94. The summed E-state index contributed by atoms with van der Waals surface area (Å²) in [6.07, 6.45) is 0. The van der Waals surface area contributed by atoms with E-state index in [0.717, 1.165) is 25.2 Å². The van der Waals surface area contributed by atoms with Crippen molar-refractivity contribution >= 4 is 0 Å². The molecule has 0 unspecified atom stereocenters. The molecule has 1 rings (SSSR count). The molecule has 0 bridgehead atoms. The quantitative estimate of drug-likeness (QED) is 0.734. The van der Waals surface area contributed by atoms with Crippen LogP contribution < -0.4 is 0 Å². The van der Waals surface area contributed by atoms with E-state index in [1.54, 1.807) is 6.07 Å². The van der Waals surface area contributed by atoms with Crippen LogP contribution >= 0.6 is 0 Å². The van der Waals surface area contributed by atoms with E-state index in [-0.39, 0.29) is 11.7 Å². The summed E-state index contributed by atoms with van der Waals surface area (Å²) >= 11 is 0. The first-order chi connectivity index (χ1) is 7.58. The Morgan fingerprint density at radius 3 is 2.31 bits per heavy atom. The van der Waals surface area contributed by atoms with E-state index in [2.05, 4.69) is 18.7 Å². The van der Waals surface area contributed by atoms with E-state index in [1.165, 1.54) is 5.56 Å². The molecule has 0 radical (unpaired) electrons. The molecule has 0 aliphatic heterocycles. The average molecular weight is 223 g/mol. The van der Waals surface area contributed by atoms with E-state index in [1.807, 2.05) is 26.0 Å². The fraction of sp³-hybridized carbons (Fsp3) is 0.571. The molecule has 0 aliphatic carbocycles. The molecule has 0 N–H and O–H groups in total. The topological polar surface area (TPSA) is 3.24 Å². The minimum atomic E-state index is -0.0849.